The number of ether oxygens (including phenoxy) is 2. The van der Waals surface area contributed by atoms with Crippen LogP contribution in [-0.2, 0) is 28.2 Å². The third kappa shape index (κ3) is 33.0. The molecule has 0 radical (unpaired) electrons. The highest BCUT2D eigenvalue weighted by Crippen LogP contribution is 2.38. The van der Waals surface area contributed by atoms with Crippen molar-refractivity contribution in [2.24, 2.45) is 11.8 Å². The summed E-state index contributed by atoms with van der Waals surface area (Å²) in [5.41, 5.74) is 0. The van der Waals surface area contributed by atoms with E-state index < -0.39 is 50.8 Å². The molecule has 0 heterocycles. The molecule has 0 aromatic rings. The quantitative estimate of drug-likeness (QED) is 0.0171. The third-order valence-corrected chi connectivity index (χ3v) is 12.4. The predicted molar refractivity (Wildman–Crippen MR) is 237 cm³/mol. The molecular formula is C47H89O11P. The van der Waals surface area contributed by atoms with Crippen molar-refractivity contribution in [3.8, 4) is 0 Å². The summed E-state index contributed by atoms with van der Waals surface area (Å²) in [6, 6.07) is 0. The molecule has 59 heavy (non-hydrogen) atoms. The molecule has 1 saturated carbocycles. The van der Waals surface area contributed by atoms with E-state index in [-0.39, 0.29) is 31.3 Å². The Labute approximate surface area is 359 Å². The van der Waals surface area contributed by atoms with Crippen LogP contribution in [-0.4, -0.2) is 74.7 Å². The maximum absolute atomic E-state index is 12.5. The summed E-state index contributed by atoms with van der Waals surface area (Å²) in [6.45, 7) is 3.45. The molecule has 0 saturated heterocycles. The number of phosphoric ester groups is 1. The molecule has 0 amide bonds. The minimum Gasteiger partial charge on any atom is -0.462 e. The van der Waals surface area contributed by atoms with Gasteiger partial charge < -0.3 is 34.6 Å². The van der Waals surface area contributed by atoms with Crippen molar-refractivity contribution in [2.45, 2.75) is 250 Å². The van der Waals surface area contributed by atoms with Crippen molar-refractivity contribution in [1.82, 2.24) is 0 Å². The fourth-order valence-corrected chi connectivity index (χ4v) is 8.60. The standard InChI is InChI=1S/C47H89O11P/c1-3-5-7-8-9-10-11-12-13-14-15-16-17-18-19-20-21-22-23-24-30-34-47(52)58-41(39-57-59(53,54)55)38-56-46(51)33-29-26-25-28-32-42-43(45(50)37-44(42)49)36-35-40(48)31-27-6-4-2/h35-36,40-45,48-50H,3-34,37-39H2,1-2H3,(H2,53,54,55)/b36-35+/t40-,41+,42+,43+,44-,45+/m0/s1. The highest BCUT2D eigenvalue weighted by Gasteiger charge is 2.39. The summed E-state index contributed by atoms with van der Waals surface area (Å²) in [5, 5.41) is 31.3. The van der Waals surface area contributed by atoms with Crippen LogP contribution >= 0.6 is 7.82 Å². The van der Waals surface area contributed by atoms with E-state index in [1.165, 1.54) is 109 Å². The van der Waals surface area contributed by atoms with Crippen molar-refractivity contribution in [3.05, 3.63) is 12.2 Å². The average Bonchev–Trinajstić information content (AvgIpc) is 3.47. The van der Waals surface area contributed by atoms with Crippen LogP contribution in [0.25, 0.3) is 0 Å². The molecule has 1 fully saturated rings. The van der Waals surface area contributed by atoms with Crippen LogP contribution < -0.4 is 0 Å². The van der Waals surface area contributed by atoms with E-state index in [0.29, 0.717) is 25.7 Å². The lowest BCUT2D eigenvalue weighted by Crippen LogP contribution is -2.29. The highest BCUT2D eigenvalue weighted by molar-refractivity contribution is 7.46. The molecule has 1 aliphatic rings. The number of unbranched alkanes of at least 4 members (excludes halogenated alkanes) is 25. The number of aliphatic hydroxyl groups excluding tert-OH is 3. The third-order valence-electron chi connectivity index (χ3n) is 11.9. The topological polar surface area (TPSA) is 180 Å². The zero-order valence-corrected chi connectivity index (χ0v) is 38.4. The Morgan fingerprint density at radius 1 is 0.610 bits per heavy atom. The van der Waals surface area contributed by atoms with Gasteiger partial charge in [-0.1, -0.05) is 193 Å². The number of carbonyl (C=O) groups excluding carboxylic acids is 2. The lowest BCUT2D eigenvalue weighted by atomic mass is 9.88. The largest absolute Gasteiger partial charge is 0.469 e. The van der Waals surface area contributed by atoms with E-state index >= 15 is 0 Å². The van der Waals surface area contributed by atoms with Gasteiger partial charge >= 0.3 is 19.8 Å². The second kappa shape index (κ2) is 37.2. The molecule has 0 unspecified atom stereocenters. The predicted octanol–water partition coefficient (Wildman–Crippen LogP) is 11.3. The Morgan fingerprint density at radius 3 is 1.54 bits per heavy atom. The van der Waals surface area contributed by atoms with Crippen molar-refractivity contribution in [2.75, 3.05) is 13.2 Å². The van der Waals surface area contributed by atoms with Gasteiger partial charge in [0.05, 0.1) is 24.9 Å². The van der Waals surface area contributed by atoms with Crippen LogP contribution in [0.5, 0.6) is 0 Å². The van der Waals surface area contributed by atoms with Crippen LogP contribution in [0.2, 0.25) is 0 Å². The molecule has 0 aromatic carbocycles. The molecular weight excluding hydrogens is 771 g/mol. The molecule has 1 rings (SSSR count). The van der Waals surface area contributed by atoms with Crippen molar-refractivity contribution >= 4 is 19.8 Å². The summed E-state index contributed by atoms with van der Waals surface area (Å²) in [5.74, 6) is -1.29. The zero-order valence-electron chi connectivity index (χ0n) is 37.5. The molecule has 5 N–H and O–H groups in total. The lowest BCUT2D eigenvalue weighted by Gasteiger charge is -2.21. The number of phosphoric acid groups is 1. The van der Waals surface area contributed by atoms with Gasteiger partial charge in [-0.2, -0.15) is 0 Å². The second-order valence-corrected chi connectivity index (χ2v) is 18.7. The molecule has 12 heteroatoms. The maximum atomic E-state index is 12.5. The van der Waals surface area contributed by atoms with Gasteiger partial charge in [0.15, 0.2) is 6.10 Å². The zero-order chi connectivity index (χ0) is 43.4. The van der Waals surface area contributed by atoms with E-state index in [1.54, 1.807) is 6.08 Å². The molecule has 0 aliphatic heterocycles. The van der Waals surface area contributed by atoms with Crippen LogP contribution in [0.4, 0.5) is 0 Å². The molecule has 348 valence electrons. The first-order valence-corrected chi connectivity index (χ1v) is 25.8. The Kier molecular flexibility index (Phi) is 35.2. The number of carbonyl (C=O) groups is 2. The Bertz CT molecular complexity index is 1080. The van der Waals surface area contributed by atoms with Crippen LogP contribution in [0, 0.1) is 11.8 Å². The highest BCUT2D eigenvalue weighted by atomic mass is 31.2. The van der Waals surface area contributed by atoms with Crippen molar-refractivity contribution in [1.29, 1.82) is 0 Å². The normalized spacial score (nSPS) is 19.4. The van der Waals surface area contributed by atoms with E-state index in [1.807, 2.05) is 6.08 Å². The van der Waals surface area contributed by atoms with Gasteiger partial charge in [0, 0.05) is 25.2 Å². The number of rotatable bonds is 41. The molecule has 11 nitrogen and oxygen atoms in total. The summed E-state index contributed by atoms with van der Waals surface area (Å²) < 4.78 is 26.5. The smallest absolute Gasteiger partial charge is 0.462 e. The first kappa shape index (κ1) is 55.7. The van der Waals surface area contributed by atoms with Gasteiger partial charge in [0.25, 0.3) is 0 Å². The van der Waals surface area contributed by atoms with Gasteiger partial charge in [0.1, 0.15) is 6.61 Å². The van der Waals surface area contributed by atoms with Crippen LogP contribution in [0.1, 0.15) is 226 Å². The van der Waals surface area contributed by atoms with Gasteiger partial charge in [-0.15, -0.1) is 0 Å². The van der Waals surface area contributed by atoms with Crippen LogP contribution in [0.3, 0.4) is 0 Å². The number of hydrogen-bond acceptors (Lipinski definition) is 9. The van der Waals surface area contributed by atoms with E-state index in [4.69, 9.17) is 19.3 Å². The summed E-state index contributed by atoms with van der Waals surface area (Å²) in [7, 11) is -4.81. The minimum atomic E-state index is -4.81. The van der Waals surface area contributed by atoms with Crippen LogP contribution in [0.15, 0.2) is 12.2 Å². The van der Waals surface area contributed by atoms with E-state index in [9.17, 15) is 29.5 Å². The van der Waals surface area contributed by atoms with Crippen molar-refractivity contribution < 1.29 is 53.3 Å². The van der Waals surface area contributed by atoms with Gasteiger partial charge in [0.2, 0.25) is 0 Å². The first-order valence-electron chi connectivity index (χ1n) is 24.2. The fraction of sp³-hybridized carbons (Fsp3) is 0.915. The monoisotopic (exact) mass is 861 g/mol. The van der Waals surface area contributed by atoms with E-state index in [0.717, 1.165) is 64.2 Å². The molecule has 6 atom stereocenters. The average molecular weight is 861 g/mol. The van der Waals surface area contributed by atoms with Gasteiger partial charge in [-0.05, 0) is 31.6 Å². The molecule has 0 aromatic heterocycles. The SMILES string of the molecule is CCCCCCCCCCCCCCCCCCCCCCCC(=O)O[C@H](COC(=O)CCCCCC[C@@H]1[C@@H](/C=C/[C@@H](O)CCCCC)[C@H](O)C[C@@H]1O)COP(=O)(O)O. The number of aliphatic hydroxyl groups is 3. The molecule has 0 bridgehead atoms. The maximum Gasteiger partial charge on any atom is 0.469 e. The fourth-order valence-electron chi connectivity index (χ4n) is 8.24. The number of esters is 2. The molecule has 1 aliphatic carbocycles. The number of hydrogen-bond donors (Lipinski definition) is 5. The minimum absolute atomic E-state index is 0.0810. The Morgan fingerprint density at radius 2 is 1.05 bits per heavy atom. The van der Waals surface area contributed by atoms with E-state index in [2.05, 4.69) is 18.4 Å². The van der Waals surface area contributed by atoms with Gasteiger partial charge in [-0.25, -0.2) is 4.57 Å². The summed E-state index contributed by atoms with van der Waals surface area (Å²) in [4.78, 5) is 43.2. The molecule has 0 spiro atoms. The first-order chi connectivity index (χ1) is 28.5. The van der Waals surface area contributed by atoms with Gasteiger partial charge in [-0.3, -0.25) is 14.1 Å². The lowest BCUT2D eigenvalue weighted by molar-refractivity contribution is -0.161. The Hall–Kier alpha value is -1.33. The second-order valence-electron chi connectivity index (χ2n) is 17.4. The summed E-state index contributed by atoms with van der Waals surface area (Å²) in [6.07, 6.45) is 35.7. The summed E-state index contributed by atoms with van der Waals surface area (Å²) >= 11 is 0. The van der Waals surface area contributed by atoms with Crippen molar-refractivity contribution in [3.63, 3.8) is 0 Å². The Balaban J connectivity index is 2.15.